The van der Waals surface area contributed by atoms with Gasteiger partial charge >= 0.3 is 11.3 Å². The van der Waals surface area contributed by atoms with Gasteiger partial charge in [-0.1, -0.05) is 17.7 Å². The van der Waals surface area contributed by atoms with Crippen molar-refractivity contribution >= 4 is 5.91 Å². The van der Waals surface area contributed by atoms with E-state index < -0.39 is 5.63 Å². The molecule has 1 heterocycles. The molecule has 0 radical (unpaired) electrons. The third kappa shape index (κ3) is 3.55. The molecule has 7 nitrogen and oxygen atoms in total. The molecule has 1 aromatic heterocycles. The van der Waals surface area contributed by atoms with E-state index in [2.05, 4.69) is 5.27 Å². The number of hydrogen-bond acceptors (Lipinski definition) is 4. The SMILES string of the molecule is COc1ccc(-[n+]2[nH]oc(=O)c2CN(C(=O)c2ccc(C)cc2)C2CC2)cc1. The monoisotopic (exact) mass is 380 g/mol. The third-order valence-corrected chi connectivity index (χ3v) is 4.93. The van der Waals surface area contributed by atoms with E-state index in [0.29, 0.717) is 17.0 Å². The van der Waals surface area contributed by atoms with Crippen molar-refractivity contribution in [2.24, 2.45) is 0 Å². The predicted octanol–water partition coefficient (Wildman–Crippen LogP) is 2.37. The van der Waals surface area contributed by atoms with Gasteiger partial charge in [0, 0.05) is 23.7 Å². The number of benzene rings is 2. The van der Waals surface area contributed by atoms with Crippen LogP contribution in [-0.2, 0) is 6.54 Å². The van der Waals surface area contributed by atoms with Gasteiger partial charge in [0.05, 0.1) is 7.11 Å². The first-order valence-electron chi connectivity index (χ1n) is 9.21. The highest BCUT2D eigenvalue weighted by Gasteiger charge is 2.37. The second-order valence-corrected chi connectivity index (χ2v) is 6.99. The number of rotatable bonds is 6. The fraction of sp³-hybridized carbons (Fsp3) is 0.286. The molecular formula is C21H22N3O4+. The van der Waals surface area contributed by atoms with Crippen molar-refractivity contribution in [2.45, 2.75) is 32.4 Å². The third-order valence-electron chi connectivity index (χ3n) is 4.93. The largest absolute Gasteiger partial charge is 0.497 e. The number of amides is 1. The van der Waals surface area contributed by atoms with E-state index in [9.17, 15) is 9.59 Å². The number of hydrogen-bond donors (Lipinski definition) is 1. The van der Waals surface area contributed by atoms with Crippen LogP contribution < -0.4 is 15.0 Å². The zero-order chi connectivity index (χ0) is 19.7. The Labute approximate surface area is 162 Å². The Morgan fingerprint density at radius 1 is 1.18 bits per heavy atom. The maximum atomic E-state index is 13.1. The topological polar surface area (TPSA) is 79.4 Å². The molecule has 2 aromatic carbocycles. The molecule has 0 aliphatic heterocycles. The summed E-state index contributed by atoms with van der Waals surface area (Å²) in [6.07, 6.45) is 1.88. The summed E-state index contributed by atoms with van der Waals surface area (Å²) in [7, 11) is 1.59. The minimum atomic E-state index is -0.488. The van der Waals surface area contributed by atoms with Gasteiger partial charge in [-0.25, -0.2) is 4.79 Å². The minimum absolute atomic E-state index is 0.0793. The number of aromatic nitrogens is 2. The van der Waals surface area contributed by atoms with Gasteiger partial charge in [0.25, 0.3) is 5.91 Å². The average molecular weight is 380 g/mol. The molecule has 1 N–H and O–H groups in total. The number of nitrogens with one attached hydrogen (secondary N) is 1. The molecule has 1 aliphatic rings. The minimum Gasteiger partial charge on any atom is -0.497 e. The van der Waals surface area contributed by atoms with Gasteiger partial charge in [-0.2, -0.15) is 0 Å². The molecule has 1 amide bonds. The summed E-state index contributed by atoms with van der Waals surface area (Å²) in [5.74, 6) is 0.635. The Kier molecular flexibility index (Phi) is 4.73. The summed E-state index contributed by atoms with van der Waals surface area (Å²) in [6, 6.07) is 14.9. The Morgan fingerprint density at radius 3 is 2.46 bits per heavy atom. The highest BCUT2D eigenvalue weighted by Crippen LogP contribution is 2.29. The van der Waals surface area contributed by atoms with Crippen molar-refractivity contribution in [3.63, 3.8) is 0 Å². The number of carbonyl (C=O) groups is 1. The quantitative estimate of drug-likeness (QED) is 0.666. The van der Waals surface area contributed by atoms with Gasteiger partial charge in [0.1, 0.15) is 12.3 Å². The zero-order valence-corrected chi connectivity index (χ0v) is 15.8. The lowest BCUT2D eigenvalue weighted by molar-refractivity contribution is -0.678. The van der Waals surface area contributed by atoms with Gasteiger partial charge in [-0.3, -0.25) is 9.32 Å². The van der Waals surface area contributed by atoms with Gasteiger partial charge in [0.2, 0.25) is 5.69 Å². The van der Waals surface area contributed by atoms with Crippen LogP contribution in [0.15, 0.2) is 57.8 Å². The molecule has 28 heavy (non-hydrogen) atoms. The maximum absolute atomic E-state index is 13.1. The van der Waals surface area contributed by atoms with E-state index >= 15 is 0 Å². The van der Waals surface area contributed by atoms with Gasteiger partial charge in [0.15, 0.2) is 0 Å². The highest BCUT2D eigenvalue weighted by atomic mass is 16.5. The standard InChI is InChI=1S/C21H21N3O4/c1-14-3-5-15(6-4-14)20(25)23(16-7-8-16)13-19-21(26)28-22-24(19)17-9-11-18(27-2)12-10-17/h3-6,9-12,16H,7-8,13H2,1-2H3/p+1. The van der Waals surface area contributed by atoms with Crippen molar-refractivity contribution in [3.05, 3.63) is 75.8 Å². The Bertz CT molecular complexity index is 1030. The lowest BCUT2D eigenvalue weighted by atomic mass is 10.1. The van der Waals surface area contributed by atoms with Crippen LogP contribution in [0.3, 0.4) is 0 Å². The van der Waals surface area contributed by atoms with Crippen molar-refractivity contribution in [1.29, 1.82) is 0 Å². The number of aryl methyl sites for hydroxylation is 1. The van der Waals surface area contributed by atoms with Crippen molar-refractivity contribution in [1.82, 2.24) is 10.2 Å². The first-order valence-corrected chi connectivity index (χ1v) is 9.21. The van der Waals surface area contributed by atoms with Gasteiger partial charge in [-0.05, 0) is 54.0 Å². The van der Waals surface area contributed by atoms with Crippen molar-refractivity contribution in [2.75, 3.05) is 7.11 Å². The van der Waals surface area contributed by atoms with Crippen LogP contribution in [0.1, 0.15) is 34.5 Å². The van der Waals surface area contributed by atoms with Crippen LogP contribution in [0.2, 0.25) is 0 Å². The Hall–Kier alpha value is -3.35. The summed E-state index contributed by atoms with van der Waals surface area (Å²) in [6.45, 7) is 2.16. The first-order chi connectivity index (χ1) is 13.6. The molecule has 1 fully saturated rings. The first kappa shape index (κ1) is 18.0. The molecule has 1 saturated carbocycles. The second-order valence-electron chi connectivity index (χ2n) is 6.99. The second kappa shape index (κ2) is 7.34. The molecule has 0 saturated heterocycles. The molecule has 3 aromatic rings. The van der Waals surface area contributed by atoms with E-state index in [0.717, 1.165) is 24.1 Å². The average Bonchev–Trinajstić information content (AvgIpc) is 3.49. The van der Waals surface area contributed by atoms with E-state index in [1.54, 1.807) is 28.8 Å². The molecule has 0 unspecified atom stereocenters. The molecule has 0 atom stereocenters. The Morgan fingerprint density at radius 2 is 1.86 bits per heavy atom. The van der Waals surface area contributed by atoms with E-state index in [1.807, 2.05) is 43.3 Å². The fourth-order valence-electron chi connectivity index (χ4n) is 3.14. The fourth-order valence-corrected chi connectivity index (χ4v) is 3.14. The van der Waals surface area contributed by atoms with Crippen LogP contribution >= 0.6 is 0 Å². The number of nitrogens with zero attached hydrogens (tertiary/aromatic N) is 2. The van der Waals surface area contributed by atoms with Crippen LogP contribution in [0.5, 0.6) is 5.75 Å². The summed E-state index contributed by atoms with van der Waals surface area (Å²) in [4.78, 5) is 27.2. The number of H-pyrrole nitrogens is 1. The molecule has 1 aliphatic carbocycles. The molecule has 4 rings (SSSR count). The molecule has 7 heteroatoms. The van der Waals surface area contributed by atoms with Gasteiger partial charge in [-0.15, -0.1) is 0 Å². The van der Waals surface area contributed by atoms with Crippen molar-refractivity contribution < 1.29 is 18.7 Å². The summed E-state index contributed by atoms with van der Waals surface area (Å²) < 4.78 is 11.8. The van der Waals surface area contributed by atoms with Crippen LogP contribution in [0.4, 0.5) is 0 Å². The molecular weight excluding hydrogens is 358 g/mol. The zero-order valence-electron chi connectivity index (χ0n) is 15.8. The lowest BCUT2D eigenvalue weighted by Crippen LogP contribution is -2.43. The highest BCUT2D eigenvalue weighted by molar-refractivity contribution is 5.94. The summed E-state index contributed by atoms with van der Waals surface area (Å²) in [5.41, 5.74) is 2.32. The van der Waals surface area contributed by atoms with E-state index in [4.69, 9.17) is 9.26 Å². The van der Waals surface area contributed by atoms with E-state index in [1.165, 1.54) is 0 Å². The van der Waals surface area contributed by atoms with Crippen LogP contribution in [0.25, 0.3) is 5.69 Å². The summed E-state index contributed by atoms with van der Waals surface area (Å²) in [5, 5.41) is 2.63. The summed E-state index contributed by atoms with van der Waals surface area (Å²) >= 11 is 0. The molecule has 144 valence electrons. The van der Waals surface area contributed by atoms with Crippen LogP contribution in [-0.4, -0.2) is 29.2 Å². The molecule has 0 bridgehead atoms. The lowest BCUT2D eigenvalue weighted by Gasteiger charge is -2.20. The number of methoxy groups -OCH3 is 1. The maximum Gasteiger partial charge on any atom is 0.432 e. The van der Waals surface area contributed by atoms with E-state index in [-0.39, 0.29) is 18.5 Å². The number of carbonyl (C=O) groups excluding carboxylic acids is 1. The molecule has 0 spiro atoms. The predicted molar refractivity (Wildman–Crippen MR) is 101 cm³/mol. The normalized spacial score (nSPS) is 13.4. The van der Waals surface area contributed by atoms with Crippen molar-refractivity contribution in [3.8, 4) is 11.4 Å². The Balaban J connectivity index is 1.64. The number of aromatic amines is 1. The smallest absolute Gasteiger partial charge is 0.432 e. The van der Waals surface area contributed by atoms with Crippen LogP contribution in [0, 0.1) is 6.92 Å². The van der Waals surface area contributed by atoms with Gasteiger partial charge < -0.3 is 9.64 Å². The number of ether oxygens (including phenoxy) is 1.